The van der Waals surface area contributed by atoms with Gasteiger partial charge in [-0.1, -0.05) is 30.3 Å². The molecule has 0 saturated carbocycles. The van der Waals surface area contributed by atoms with Gasteiger partial charge in [0.25, 0.3) is 0 Å². The second kappa shape index (κ2) is 7.18. The molecule has 0 bridgehead atoms. The molecule has 0 fully saturated rings. The van der Waals surface area contributed by atoms with E-state index in [4.69, 9.17) is 4.74 Å². The maximum atomic E-state index is 12.1. The van der Waals surface area contributed by atoms with Crippen LogP contribution in [0.4, 0.5) is 10.5 Å². The number of carbonyl (C=O) groups excluding carboxylic acids is 1. The summed E-state index contributed by atoms with van der Waals surface area (Å²) in [6.45, 7) is 2.75. The van der Waals surface area contributed by atoms with Crippen molar-refractivity contribution in [1.82, 2.24) is 5.32 Å². The normalized spacial score (nSPS) is 13.8. The predicted octanol–water partition coefficient (Wildman–Crippen LogP) is 3.76. The highest BCUT2D eigenvalue weighted by Gasteiger charge is 2.13. The average Bonchev–Trinajstić information content (AvgIpc) is 3.01. The molecule has 0 aliphatic carbocycles. The third-order valence-electron chi connectivity index (χ3n) is 4.03. The fourth-order valence-electron chi connectivity index (χ4n) is 2.76. The van der Waals surface area contributed by atoms with E-state index in [-0.39, 0.29) is 12.1 Å². The molecule has 0 spiro atoms. The van der Waals surface area contributed by atoms with Crippen molar-refractivity contribution in [3.05, 3.63) is 59.7 Å². The van der Waals surface area contributed by atoms with Crippen LogP contribution in [-0.2, 0) is 12.8 Å². The lowest BCUT2D eigenvalue weighted by Crippen LogP contribution is -2.36. The maximum Gasteiger partial charge on any atom is 0.319 e. The monoisotopic (exact) mass is 310 g/mol. The first-order valence-electron chi connectivity index (χ1n) is 8.08. The molecule has 0 saturated heterocycles. The summed E-state index contributed by atoms with van der Waals surface area (Å²) < 4.78 is 5.47. The Morgan fingerprint density at radius 2 is 2.04 bits per heavy atom. The molecule has 1 aliphatic heterocycles. The molecule has 0 aromatic heterocycles. The number of hydrogen-bond acceptors (Lipinski definition) is 2. The van der Waals surface area contributed by atoms with Gasteiger partial charge in [-0.3, -0.25) is 0 Å². The second-order valence-corrected chi connectivity index (χ2v) is 5.94. The number of urea groups is 1. The number of amides is 2. The van der Waals surface area contributed by atoms with Gasteiger partial charge in [-0.25, -0.2) is 4.79 Å². The number of ether oxygens (including phenoxy) is 1. The van der Waals surface area contributed by atoms with Gasteiger partial charge in [-0.05, 0) is 49.1 Å². The Labute approximate surface area is 136 Å². The van der Waals surface area contributed by atoms with Crippen LogP contribution in [0.3, 0.4) is 0 Å². The molecule has 2 N–H and O–H groups in total. The van der Waals surface area contributed by atoms with E-state index in [0.717, 1.165) is 42.9 Å². The summed E-state index contributed by atoms with van der Waals surface area (Å²) in [6.07, 6.45) is 2.77. The van der Waals surface area contributed by atoms with Crippen LogP contribution in [0, 0.1) is 0 Å². The summed E-state index contributed by atoms with van der Waals surface area (Å²) in [5.74, 6) is 0.923. The number of fused-ring (bicyclic) bond motifs is 1. The molecule has 2 aromatic carbocycles. The van der Waals surface area contributed by atoms with Gasteiger partial charge in [0.2, 0.25) is 0 Å². The topological polar surface area (TPSA) is 50.4 Å². The van der Waals surface area contributed by atoms with Crippen LogP contribution in [-0.4, -0.2) is 18.7 Å². The number of anilines is 1. The summed E-state index contributed by atoms with van der Waals surface area (Å²) in [7, 11) is 0. The van der Waals surface area contributed by atoms with Crippen molar-refractivity contribution < 1.29 is 9.53 Å². The van der Waals surface area contributed by atoms with Crippen LogP contribution >= 0.6 is 0 Å². The summed E-state index contributed by atoms with van der Waals surface area (Å²) in [5.41, 5.74) is 3.25. The molecule has 4 heteroatoms. The van der Waals surface area contributed by atoms with Gasteiger partial charge in [-0.2, -0.15) is 0 Å². The van der Waals surface area contributed by atoms with E-state index in [1.807, 2.05) is 43.3 Å². The minimum Gasteiger partial charge on any atom is -0.493 e. The molecular formula is C19H22N2O2. The van der Waals surface area contributed by atoms with E-state index in [1.165, 1.54) is 5.56 Å². The van der Waals surface area contributed by atoms with Crippen molar-refractivity contribution in [1.29, 1.82) is 0 Å². The van der Waals surface area contributed by atoms with E-state index >= 15 is 0 Å². The average molecular weight is 310 g/mol. The van der Waals surface area contributed by atoms with Crippen LogP contribution in [0.1, 0.15) is 24.5 Å². The highest BCUT2D eigenvalue weighted by molar-refractivity contribution is 5.89. The zero-order chi connectivity index (χ0) is 16.1. The fourth-order valence-corrected chi connectivity index (χ4v) is 2.76. The van der Waals surface area contributed by atoms with E-state index < -0.39 is 0 Å². The number of benzene rings is 2. The largest absolute Gasteiger partial charge is 0.493 e. The van der Waals surface area contributed by atoms with Crippen LogP contribution in [0.2, 0.25) is 0 Å². The van der Waals surface area contributed by atoms with Gasteiger partial charge in [0.15, 0.2) is 0 Å². The van der Waals surface area contributed by atoms with Crippen LogP contribution in [0.15, 0.2) is 48.5 Å². The van der Waals surface area contributed by atoms with E-state index in [0.29, 0.717) is 0 Å². The minimum atomic E-state index is -0.163. The Morgan fingerprint density at radius 1 is 1.22 bits per heavy atom. The molecule has 2 aromatic rings. The maximum absolute atomic E-state index is 12.1. The third kappa shape index (κ3) is 4.25. The number of nitrogens with one attached hydrogen (secondary N) is 2. The van der Waals surface area contributed by atoms with Crippen LogP contribution < -0.4 is 15.4 Å². The zero-order valence-electron chi connectivity index (χ0n) is 13.3. The van der Waals surface area contributed by atoms with Gasteiger partial charge >= 0.3 is 6.03 Å². The standard InChI is InChI=1S/C19H22N2O2/c1-14(7-8-15-5-3-2-4-6-15)20-19(22)21-17-9-10-18-16(13-17)11-12-23-18/h2-6,9-10,13-14H,7-8,11-12H2,1H3,(H2,20,21,22). The summed E-state index contributed by atoms with van der Waals surface area (Å²) in [5, 5.41) is 5.88. The molecule has 1 atom stereocenters. The highest BCUT2D eigenvalue weighted by atomic mass is 16.5. The van der Waals surface area contributed by atoms with Crippen molar-refractivity contribution in [2.75, 3.05) is 11.9 Å². The molecule has 2 amide bonds. The molecular weight excluding hydrogens is 288 g/mol. The lowest BCUT2D eigenvalue weighted by Gasteiger charge is -2.15. The number of aryl methyl sites for hydroxylation is 1. The van der Waals surface area contributed by atoms with Crippen LogP contribution in [0.5, 0.6) is 5.75 Å². The number of hydrogen-bond donors (Lipinski definition) is 2. The van der Waals surface area contributed by atoms with Gasteiger partial charge < -0.3 is 15.4 Å². The molecule has 1 heterocycles. The Morgan fingerprint density at radius 3 is 2.87 bits per heavy atom. The van der Waals surface area contributed by atoms with Crippen molar-refractivity contribution >= 4 is 11.7 Å². The molecule has 120 valence electrons. The molecule has 4 nitrogen and oxygen atoms in total. The number of carbonyl (C=O) groups is 1. The van der Waals surface area contributed by atoms with E-state index in [1.54, 1.807) is 0 Å². The van der Waals surface area contributed by atoms with Gasteiger partial charge in [0, 0.05) is 18.2 Å². The fraction of sp³-hybridized carbons (Fsp3) is 0.316. The highest BCUT2D eigenvalue weighted by Crippen LogP contribution is 2.27. The first-order chi connectivity index (χ1) is 11.2. The van der Waals surface area contributed by atoms with Gasteiger partial charge in [-0.15, -0.1) is 0 Å². The lowest BCUT2D eigenvalue weighted by molar-refractivity contribution is 0.248. The van der Waals surface area contributed by atoms with Crippen molar-refractivity contribution in [3.63, 3.8) is 0 Å². The van der Waals surface area contributed by atoms with Crippen LogP contribution in [0.25, 0.3) is 0 Å². The first-order valence-corrected chi connectivity index (χ1v) is 8.08. The van der Waals surface area contributed by atoms with Crippen molar-refractivity contribution in [2.45, 2.75) is 32.2 Å². The second-order valence-electron chi connectivity index (χ2n) is 5.94. The third-order valence-corrected chi connectivity index (χ3v) is 4.03. The number of rotatable bonds is 5. The minimum absolute atomic E-state index is 0.118. The predicted molar refractivity (Wildman–Crippen MR) is 92.0 cm³/mol. The van der Waals surface area contributed by atoms with E-state index in [9.17, 15) is 4.79 Å². The first kappa shape index (κ1) is 15.4. The SMILES string of the molecule is CC(CCc1ccccc1)NC(=O)Nc1ccc2c(c1)CCO2. The Kier molecular flexibility index (Phi) is 4.81. The molecule has 1 aliphatic rings. The smallest absolute Gasteiger partial charge is 0.319 e. The Balaban J connectivity index is 1.47. The van der Waals surface area contributed by atoms with E-state index in [2.05, 4.69) is 22.8 Å². The van der Waals surface area contributed by atoms with Gasteiger partial charge in [0.1, 0.15) is 5.75 Å². The zero-order valence-corrected chi connectivity index (χ0v) is 13.3. The lowest BCUT2D eigenvalue weighted by atomic mass is 10.1. The molecule has 1 unspecified atom stereocenters. The van der Waals surface area contributed by atoms with Crippen molar-refractivity contribution in [3.8, 4) is 5.75 Å². The van der Waals surface area contributed by atoms with Gasteiger partial charge in [0.05, 0.1) is 6.61 Å². The molecule has 0 radical (unpaired) electrons. The summed E-state index contributed by atoms with van der Waals surface area (Å²) in [4.78, 5) is 12.1. The van der Waals surface area contributed by atoms with Crippen molar-refractivity contribution in [2.24, 2.45) is 0 Å². The summed E-state index contributed by atoms with van der Waals surface area (Å²) in [6, 6.07) is 16.0. The Hall–Kier alpha value is -2.49. The molecule has 3 rings (SSSR count). The Bertz CT molecular complexity index is 670. The summed E-state index contributed by atoms with van der Waals surface area (Å²) >= 11 is 0. The quantitative estimate of drug-likeness (QED) is 0.883. The molecule has 23 heavy (non-hydrogen) atoms.